The summed E-state index contributed by atoms with van der Waals surface area (Å²) in [5, 5.41) is 7.05. The highest BCUT2D eigenvalue weighted by atomic mass is 16.4. The van der Waals surface area contributed by atoms with E-state index in [-0.39, 0.29) is 11.6 Å². The Bertz CT molecular complexity index is 789. The molecule has 1 atom stereocenters. The fourth-order valence-corrected chi connectivity index (χ4v) is 2.84. The minimum absolute atomic E-state index is 0.0777. The molecule has 0 aliphatic rings. The zero-order valence-corrected chi connectivity index (χ0v) is 15.6. The van der Waals surface area contributed by atoms with Gasteiger partial charge in [-0.05, 0) is 43.4 Å². The quantitative estimate of drug-likeness (QED) is 0.836. The maximum Gasteiger partial charge on any atom is 0.349 e. The molecule has 2 heterocycles. The molecular formula is C19H27N3O3. The van der Waals surface area contributed by atoms with Gasteiger partial charge in [0.25, 0.3) is 5.91 Å². The summed E-state index contributed by atoms with van der Waals surface area (Å²) in [7, 11) is 1.83. The average Bonchev–Trinajstić information content (AvgIpc) is 2.96. The van der Waals surface area contributed by atoms with Crippen molar-refractivity contribution >= 4 is 5.91 Å². The van der Waals surface area contributed by atoms with Crippen molar-refractivity contribution in [3.63, 3.8) is 0 Å². The van der Waals surface area contributed by atoms with Crippen LogP contribution in [0.2, 0.25) is 0 Å². The summed E-state index contributed by atoms with van der Waals surface area (Å²) >= 11 is 0. The highest BCUT2D eigenvalue weighted by molar-refractivity contribution is 5.95. The Morgan fingerprint density at radius 1 is 1.40 bits per heavy atom. The van der Waals surface area contributed by atoms with E-state index in [0.717, 1.165) is 12.1 Å². The Morgan fingerprint density at radius 2 is 2.12 bits per heavy atom. The molecule has 6 heteroatoms. The molecule has 0 spiro atoms. The molecule has 25 heavy (non-hydrogen) atoms. The van der Waals surface area contributed by atoms with Gasteiger partial charge in [0.15, 0.2) is 0 Å². The van der Waals surface area contributed by atoms with Crippen molar-refractivity contribution in [3.05, 3.63) is 51.3 Å². The molecule has 0 bridgehead atoms. The fraction of sp³-hybridized carbons (Fsp3) is 0.526. The predicted molar refractivity (Wildman–Crippen MR) is 96.6 cm³/mol. The number of carbonyl (C=O) groups is 1. The van der Waals surface area contributed by atoms with Crippen molar-refractivity contribution in [2.24, 2.45) is 13.0 Å². The molecule has 0 aliphatic heterocycles. The molecule has 0 radical (unpaired) electrons. The lowest BCUT2D eigenvalue weighted by Gasteiger charge is -2.17. The lowest BCUT2D eigenvalue weighted by molar-refractivity contribution is 0.0928. The van der Waals surface area contributed by atoms with E-state index in [1.165, 1.54) is 0 Å². The van der Waals surface area contributed by atoms with E-state index in [4.69, 9.17) is 4.42 Å². The van der Waals surface area contributed by atoms with Crippen LogP contribution in [-0.4, -0.2) is 15.7 Å². The monoisotopic (exact) mass is 345 g/mol. The summed E-state index contributed by atoms with van der Waals surface area (Å²) in [6.45, 7) is 7.99. The number of aromatic nitrogens is 2. The molecule has 0 aromatic carbocycles. The van der Waals surface area contributed by atoms with Gasteiger partial charge in [0.2, 0.25) is 0 Å². The van der Waals surface area contributed by atoms with E-state index in [2.05, 4.69) is 24.3 Å². The van der Waals surface area contributed by atoms with Gasteiger partial charge < -0.3 is 9.73 Å². The van der Waals surface area contributed by atoms with Crippen LogP contribution in [0.25, 0.3) is 0 Å². The molecule has 0 aliphatic carbocycles. The second kappa shape index (κ2) is 8.14. The molecule has 1 amide bonds. The SMILES string of the molecule is CCC(NC(=O)c1c(C)cc(CCC(C)C)oc1=O)c1ccnn1C. The third-order valence-corrected chi connectivity index (χ3v) is 4.32. The van der Waals surface area contributed by atoms with Gasteiger partial charge in [0, 0.05) is 19.7 Å². The first-order chi connectivity index (χ1) is 11.8. The van der Waals surface area contributed by atoms with Crippen LogP contribution >= 0.6 is 0 Å². The number of nitrogens with one attached hydrogen (secondary N) is 1. The minimum Gasteiger partial charge on any atom is -0.427 e. The Morgan fingerprint density at radius 3 is 2.64 bits per heavy atom. The zero-order chi connectivity index (χ0) is 18.6. The summed E-state index contributed by atoms with van der Waals surface area (Å²) < 4.78 is 7.08. The van der Waals surface area contributed by atoms with Gasteiger partial charge in [0.1, 0.15) is 11.3 Å². The van der Waals surface area contributed by atoms with Crippen LogP contribution in [0, 0.1) is 12.8 Å². The van der Waals surface area contributed by atoms with Gasteiger partial charge in [-0.15, -0.1) is 0 Å². The molecule has 0 saturated heterocycles. The number of hydrogen-bond acceptors (Lipinski definition) is 4. The normalized spacial score (nSPS) is 12.4. The third kappa shape index (κ3) is 4.59. The second-order valence-corrected chi connectivity index (χ2v) is 6.80. The van der Waals surface area contributed by atoms with Crippen molar-refractivity contribution in [1.29, 1.82) is 0 Å². The number of amides is 1. The zero-order valence-electron chi connectivity index (χ0n) is 15.6. The topological polar surface area (TPSA) is 77.1 Å². The molecule has 136 valence electrons. The summed E-state index contributed by atoms with van der Waals surface area (Å²) in [4.78, 5) is 25.0. The van der Waals surface area contributed by atoms with Crippen molar-refractivity contribution in [2.45, 2.75) is 53.0 Å². The lowest BCUT2D eigenvalue weighted by Crippen LogP contribution is -2.33. The number of nitrogens with zero attached hydrogens (tertiary/aromatic N) is 2. The van der Waals surface area contributed by atoms with Crippen LogP contribution in [0.1, 0.15) is 67.0 Å². The first kappa shape index (κ1) is 19.0. The van der Waals surface area contributed by atoms with Crippen molar-refractivity contribution in [1.82, 2.24) is 15.1 Å². The van der Waals surface area contributed by atoms with Gasteiger partial charge >= 0.3 is 5.63 Å². The van der Waals surface area contributed by atoms with Gasteiger partial charge in [-0.3, -0.25) is 9.48 Å². The van der Waals surface area contributed by atoms with Crippen LogP contribution in [0.4, 0.5) is 0 Å². The molecule has 0 saturated carbocycles. The van der Waals surface area contributed by atoms with Crippen LogP contribution in [0.5, 0.6) is 0 Å². The molecule has 0 fully saturated rings. The van der Waals surface area contributed by atoms with E-state index in [0.29, 0.717) is 30.1 Å². The van der Waals surface area contributed by atoms with Crippen LogP contribution in [-0.2, 0) is 13.5 Å². The van der Waals surface area contributed by atoms with Gasteiger partial charge in [-0.1, -0.05) is 20.8 Å². The summed E-state index contributed by atoms with van der Waals surface area (Å²) in [6, 6.07) is 3.45. The Hall–Kier alpha value is -2.37. The lowest BCUT2D eigenvalue weighted by atomic mass is 10.0. The Labute approximate surface area is 148 Å². The van der Waals surface area contributed by atoms with Crippen molar-refractivity contribution in [3.8, 4) is 0 Å². The summed E-state index contributed by atoms with van der Waals surface area (Å²) in [5.41, 5.74) is 1.05. The molecule has 1 N–H and O–H groups in total. The number of carbonyl (C=O) groups excluding carboxylic acids is 1. The largest absolute Gasteiger partial charge is 0.427 e. The maximum absolute atomic E-state index is 12.6. The van der Waals surface area contributed by atoms with Crippen LogP contribution in [0.3, 0.4) is 0 Å². The summed E-state index contributed by atoms with van der Waals surface area (Å²) in [5.74, 6) is 0.749. The molecule has 2 aromatic heterocycles. The van der Waals surface area contributed by atoms with E-state index >= 15 is 0 Å². The Kier molecular flexibility index (Phi) is 6.17. The molecule has 1 unspecified atom stereocenters. The van der Waals surface area contributed by atoms with Gasteiger partial charge in [-0.2, -0.15) is 5.10 Å². The smallest absolute Gasteiger partial charge is 0.349 e. The molecule has 2 aromatic rings. The average molecular weight is 345 g/mol. The Balaban J connectivity index is 2.21. The number of rotatable bonds is 7. The van der Waals surface area contributed by atoms with Crippen LogP contribution < -0.4 is 10.9 Å². The molecular weight excluding hydrogens is 318 g/mol. The second-order valence-electron chi connectivity index (χ2n) is 6.80. The van der Waals surface area contributed by atoms with Gasteiger partial charge in [-0.25, -0.2) is 4.79 Å². The third-order valence-electron chi connectivity index (χ3n) is 4.32. The van der Waals surface area contributed by atoms with E-state index in [1.54, 1.807) is 23.9 Å². The summed E-state index contributed by atoms with van der Waals surface area (Å²) in [6.07, 6.45) is 4.02. The van der Waals surface area contributed by atoms with Crippen LogP contribution in [0.15, 0.2) is 27.5 Å². The predicted octanol–water partition coefficient (Wildman–Crippen LogP) is 3.15. The number of aryl methyl sites for hydroxylation is 3. The van der Waals surface area contributed by atoms with Crippen molar-refractivity contribution < 1.29 is 9.21 Å². The van der Waals surface area contributed by atoms with E-state index < -0.39 is 11.5 Å². The van der Waals surface area contributed by atoms with Gasteiger partial charge in [0.05, 0.1) is 11.7 Å². The highest BCUT2D eigenvalue weighted by Crippen LogP contribution is 2.17. The minimum atomic E-state index is -0.573. The standard InChI is InChI=1S/C19H27N3O3/c1-6-15(16-9-10-20-22(16)5)21-18(23)17-13(4)11-14(25-19(17)24)8-7-12(2)3/h9-12,15H,6-8H2,1-5H3,(H,21,23). The number of hydrogen-bond donors (Lipinski definition) is 1. The first-order valence-electron chi connectivity index (χ1n) is 8.75. The maximum atomic E-state index is 12.6. The first-order valence-corrected chi connectivity index (χ1v) is 8.75. The van der Waals surface area contributed by atoms with E-state index in [9.17, 15) is 9.59 Å². The molecule has 6 nitrogen and oxygen atoms in total. The highest BCUT2D eigenvalue weighted by Gasteiger charge is 2.21. The molecule has 2 rings (SSSR count). The van der Waals surface area contributed by atoms with E-state index in [1.807, 2.05) is 20.0 Å². The fourth-order valence-electron chi connectivity index (χ4n) is 2.84. The van der Waals surface area contributed by atoms with Crippen molar-refractivity contribution in [2.75, 3.05) is 0 Å².